The topological polar surface area (TPSA) is 162 Å². The van der Waals surface area contributed by atoms with Gasteiger partial charge in [-0.05, 0) is 76.5 Å². The number of hydrogen-bond donors (Lipinski definition) is 5. The van der Waals surface area contributed by atoms with Gasteiger partial charge >= 0.3 is 23.9 Å². The first-order valence-electron chi connectivity index (χ1n) is 12.0. The zero-order chi connectivity index (χ0) is 24.4. The predicted molar refractivity (Wildman–Crippen MR) is 119 cm³/mol. The molecule has 0 aliphatic heterocycles. The molecule has 2 saturated carbocycles. The minimum Gasteiger partial charge on any atom is -0.481 e. The molecule has 5 N–H and O–H groups in total. The van der Waals surface area contributed by atoms with Crippen LogP contribution in [0.3, 0.4) is 0 Å². The lowest BCUT2D eigenvalue weighted by atomic mass is 9.75. The Morgan fingerprint density at radius 1 is 0.758 bits per heavy atom. The van der Waals surface area contributed by atoms with Crippen LogP contribution in [-0.4, -0.2) is 70.0 Å². The van der Waals surface area contributed by atoms with E-state index in [0.717, 1.165) is 57.8 Å². The number of carbonyl (C=O) groups is 4. The monoisotopic (exact) mass is 470 g/mol. The summed E-state index contributed by atoms with van der Waals surface area (Å²) in [6, 6.07) is -1.72. The summed E-state index contributed by atoms with van der Waals surface area (Å²) in [4.78, 5) is 45.3. The lowest BCUT2D eigenvalue weighted by Crippen LogP contribution is -2.47. The average molecular weight is 471 g/mol. The van der Waals surface area contributed by atoms with Crippen molar-refractivity contribution < 1.29 is 39.2 Å². The van der Waals surface area contributed by atoms with Crippen molar-refractivity contribution in [3.63, 3.8) is 0 Å². The van der Waals surface area contributed by atoms with Gasteiger partial charge in [0.25, 0.3) is 0 Å². The zero-order valence-corrected chi connectivity index (χ0v) is 19.3. The molecule has 0 bridgehead atoms. The predicted octanol–water partition coefficient (Wildman–Crippen LogP) is 2.01. The lowest BCUT2D eigenvalue weighted by Gasteiger charge is -2.35. The molecule has 10 heteroatoms. The van der Waals surface area contributed by atoms with Gasteiger partial charge in [-0.1, -0.05) is 0 Å². The van der Waals surface area contributed by atoms with Gasteiger partial charge in [-0.25, -0.2) is 0 Å². The van der Waals surface area contributed by atoms with Gasteiger partial charge in [-0.15, -0.1) is 0 Å². The van der Waals surface area contributed by atoms with E-state index >= 15 is 0 Å². The Labute approximate surface area is 194 Å². The molecule has 2 aliphatic carbocycles. The normalized spacial score (nSPS) is 27.3. The first kappa shape index (κ1) is 27.0. The molecular formula is C23H38N2O8. The number of carbonyl (C=O) groups excluding carboxylic acids is 1. The highest BCUT2D eigenvalue weighted by Gasteiger charge is 2.31. The standard InChI is InChI=1S/C23H38N2O8/c1-2-33-23(32)19(13-21(28)29)25-17-9-5-15(6-10-17)11-14-3-7-16(8-4-14)24-18(22(30)31)12-20(26)27/h14-19,24-25H,2-13H2,1H3,(H,26,27)(H,28,29)(H,30,31)/t14?,15?,16?,17?,18-,19-/m0/s1. The molecule has 0 spiro atoms. The second kappa shape index (κ2) is 13.5. The van der Waals surface area contributed by atoms with Gasteiger partial charge in [0.1, 0.15) is 12.1 Å². The number of nitrogens with one attached hydrogen (secondary N) is 2. The summed E-state index contributed by atoms with van der Waals surface area (Å²) in [5.74, 6) is -2.61. The molecule has 33 heavy (non-hydrogen) atoms. The van der Waals surface area contributed by atoms with Crippen LogP contribution in [0.5, 0.6) is 0 Å². The Hall–Kier alpha value is -2.20. The molecule has 188 valence electrons. The molecule has 0 radical (unpaired) electrons. The summed E-state index contributed by atoms with van der Waals surface area (Å²) >= 11 is 0. The molecule has 0 aromatic heterocycles. The van der Waals surface area contributed by atoms with Crippen molar-refractivity contribution in [2.24, 2.45) is 11.8 Å². The largest absolute Gasteiger partial charge is 0.481 e. The number of esters is 1. The lowest BCUT2D eigenvalue weighted by molar-refractivity contribution is -0.150. The van der Waals surface area contributed by atoms with Crippen LogP contribution < -0.4 is 10.6 Å². The molecule has 0 aromatic rings. The first-order chi connectivity index (χ1) is 15.7. The van der Waals surface area contributed by atoms with Gasteiger partial charge in [0.05, 0.1) is 19.4 Å². The van der Waals surface area contributed by atoms with Crippen LogP contribution in [0.25, 0.3) is 0 Å². The Balaban J connectivity index is 1.71. The van der Waals surface area contributed by atoms with Crippen molar-refractivity contribution in [2.45, 2.75) is 102 Å². The third-order valence-corrected chi connectivity index (χ3v) is 6.86. The molecule has 0 aromatic carbocycles. The molecule has 2 rings (SSSR count). The van der Waals surface area contributed by atoms with Crippen molar-refractivity contribution in [2.75, 3.05) is 6.61 Å². The fourth-order valence-electron chi connectivity index (χ4n) is 5.19. The second-order valence-corrected chi connectivity index (χ2v) is 9.40. The van der Waals surface area contributed by atoms with Gasteiger partial charge in [0.15, 0.2) is 0 Å². The summed E-state index contributed by atoms with van der Waals surface area (Å²) < 4.78 is 5.00. The number of carboxylic acid groups (broad SMARTS) is 3. The highest BCUT2D eigenvalue weighted by atomic mass is 16.5. The van der Waals surface area contributed by atoms with Gasteiger partial charge in [-0.2, -0.15) is 0 Å². The van der Waals surface area contributed by atoms with E-state index in [1.165, 1.54) is 0 Å². The summed E-state index contributed by atoms with van der Waals surface area (Å²) in [7, 11) is 0. The van der Waals surface area contributed by atoms with Crippen molar-refractivity contribution in [3.05, 3.63) is 0 Å². The molecule has 2 atom stereocenters. The van der Waals surface area contributed by atoms with E-state index in [2.05, 4.69) is 10.6 Å². The Kier molecular flexibility index (Phi) is 11.1. The molecule has 0 amide bonds. The van der Waals surface area contributed by atoms with Crippen LogP contribution in [-0.2, 0) is 23.9 Å². The third kappa shape index (κ3) is 9.67. The zero-order valence-electron chi connectivity index (χ0n) is 19.3. The fraction of sp³-hybridized carbons (Fsp3) is 0.826. The van der Waals surface area contributed by atoms with Crippen LogP contribution in [0.15, 0.2) is 0 Å². The average Bonchev–Trinajstić information content (AvgIpc) is 2.75. The minimum absolute atomic E-state index is 0.0377. The van der Waals surface area contributed by atoms with E-state index in [1.54, 1.807) is 6.92 Å². The smallest absolute Gasteiger partial charge is 0.323 e. The van der Waals surface area contributed by atoms with Crippen LogP contribution >= 0.6 is 0 Å². The van der Waals surface area contributed by atoms with Crippen LogP contribution in [0.1, 0.15) is 77.6 Å². The SMILES string of the molecule is CCOC(=O)[C@H](CC(=O)O)NC1CCC(CC2CCC(N[C@@H](CC(=O)O)C(=O)O)CC2)CC1. The molecule has 2 aliphatic rings. The quantitative estimate of drug-likeness (QED) is 0.252. The Bertz CT molecular complexity index is 669. The van der Waals surface area contributed by atoms with Gasteiger partial charge < -0.3 is 30.7 Å². The number of aliphatic carboxylic acids is 3. The van der Waals surface area contributed by atoms with E-state index in [9.17, 15) is 24.3 Å². The number of hydrogen-bond acceptors (Lipinski definition) is 7. The maximum Gasteiger partial charge on any atom is 0.323 e. The molecule has 0 heterocycles. The fourth-order valence-corrected chi connectivity index (χ4v) is 5.19. The Morgan fingerprint density at radius 2 is 1.18 bits per heavy atom. The summed E-state index contributed by atoms with van der Waals surface area (Å²) in [5.41, 5.74) is 0. The second-order valence-electron chi connectivity index (χ2n) is 9.40. The third-order valence-electron chi connectivity index (χ3n) is 6.86. The molecule has 0 saturated heterocycles. The highest BCUT2D eigenvalue weighted by molar-refractivity contribution is 5.82. The summed E-state index contributed by atoms with van der Waals surface area (Å²) in [6.45, 7) is 1.92. The van der Waals surface area contributed by atoms with E-state index < -0.39 is 42.4 Å². The van der Waals surface area contributed by atoms with Crippen LogP contribution in [0.4, 0.5) is 0 Å². The summed E-state index contributed by atoms with van der Waals surface area (Å²) in [5, 5.41) is 33.4. The summed E-state index contributed by atoms with van der Waals surface area (Å²) in [6.07, 6.45) is 7.95. The van der Waals surface area contributed by atoms with Crippen molar-refractivity contribution in [3.8, 4) is 0 Å². The maximum atomic E-state index is 12.0. The number of carboxylic acids is 3. The number of ether oxygens (including phenoxy) is 1. The molecule has 0 unspecified atom stereocenters. The van der Waals surface area contributed by atoms with E-state index in [1.807, 2.05) is 0 Å². The van der Waals surface area contributed by atoms with E-state index in [-0.39, 0.29) is 25.1 Å². The minimum atomic E-state index is -1.13. The van der Waals surface area contributed by atoms with Gasteiger partial charge in [0, 0.05) is 12.1 Å². The molecule has 2 fully saturated rings. The van der Waals surface area contributed by atoms with E-state index in [0.29, 0.717) is 11.8 Å². The van der Waals surface area contributed by atoms with Crippen LogP contribution in [0.2, 0.25) is 0 Å². The Morgan fingerprint density at radius 3 is 1.58 bits per heavy atom. The molecule has 10 nitrogen and oxygen atoms in total. The van der Waals surface area contributed by atoms with E-state index in [4.69, 9.17) is 14.9 Å². The molecular weight excluding hydrogens is 432 g/mol. The first-order valence-corrected chi connectivity index (χ1v) is 12.0. The van der Waals surface area contributed by atoms with Crippen LogP contribution in [0, 0.1) is 11.8 Å². The highest BCUT2D eigenvalue weighted by Crippen LogP contribution is 2.35. The van der Waals surface area contributed by atoms with Gasteiger partial charge in [0.2, 0.25) is 0 Å². The number of rotatable bonds is 13. The van der Waals surface area contributed by atoms with Crippen molar-refractivity contribution in [1.82, 2.24) is 10.6 Å². The van der Waals surface area contributed by atoms with Crippen molar-refractivity contribution >= 4 is 23.9 Å². The maximum absolute atomic E-state index is 12.0. The van der Waals surface area contributed by atoms with Crippen molar-refractivity contribution in [1.29, 1.82) is 0 Å². The van der Waals surface area contributed by atoms with Gasteiger partial charge in [-0.3, -0.25) is 19.2 Å².